The Morgan fingerprint density at radius 3 is 2.07 bits per heavy atom. The van der Waals surface area contributed by atoms with Gasteiger partial charge in [0.1, 0.15) is 5.75 Å². The van der Waals surface area contributed by atoms with E-state index in [1.165, 1.54) is 22.9 Å². The molecule has 0 atom stereocenters. The molecule has 3 nitrogen and oxygen atoms in total. The number of amides is 1. The molecule has 0 spiro atoms. The number of nitrogens with one attached hydrogen (secondary N) is 1. The molecule has 0 aliphatic heterocycles. The Hall–Kier alpha value is -2.72. The lowest BCUT2D eigenvalue weighted by Crippen LogP contribution is -2.27. The molecule has 0 radical (unpaired) electrons. The molecule has 1 N–H and O–H groups in total. The molecule has 0 heterocycles. The van der Waals surface area contributed by atoms with Crippen LogP contribution in [-0.2, 0) is 4.79 Å². The maximum Gasteiger partial charge on any atom is 0.230 e. The number of carbonyl (C=O) groups excluding carboxylic acids is 1. The zero-order chi connectivity index (χ0) is 19.6. The third-order valence-electron chi connectivity index (χ3n) is 4.59. The summed E-state index contributed by atoms with van der Waals surface area (Å²) in [5.41, 5.74) is 2.54. The first-order chi connectivity index (χ1) is 13.8. The molecule has 1 amide bonds. The van der Waals surface area contributed by atoms with Crippen molar-refractivity contribution in [2.75, 3.05) is 19.4 Å². The fourth-order valence-electron chi connectivity index (χ4n) is 3.18. The van der Waals surface area contributed by atoms with Crippen molar-refractivity contribution in [2.45, 2.75) is 17.2 Å². The number of thioether (sulfide) groups is 1. The summed E-state index contributed by atoms with van der Waals surface area (Å²) in [6, 6.07) is 28.7. The Morgan fingerprint density at radius 2 is 1.46 bits per heavy atom. The molecular weight excluding hydrogens is 366 g/mol. The van der Waals surface area contributed by atoms with Gasteiger partial charge in [0.25, 0.3) is 0 Å². The second-order valence-corrected chi connectivity index (χ2v) is 7.47. The summed E-state index contributed by atoms with van der Waals surface area (Å²) in [6.45, 7) is 0.639. The fourth-order valence-corrected chi connectivity index (χ4v) is 4.04. The highest BCUT2D eigenvalue weighted by Gasteiger charge is 2.14. The van der Waals surface area contributed by atoms with E-state index in [-0.39, 0.29) is 11.8 Å². The zero-order valence-corrected chi connectivity index (χ0v) is 16.8. The van der Waals surface area contributed by atoms with Crippen LogP contribution in [0.2, 0.25) is 0 Å². The van der Waals surface area contributed by atoms with Crippen LogP contribution in [0.4, 0.5) is 0 Å². The van der Waals surface area contributed by atoms with Crippen LogP contribution in [0, 0.1) is 0 Å². The van der Waals surface area contributed by atoms with Crippen LogP contribution in [0.1, 0.15) is 23.5 Å². The highest BCUT2D eigenvalue weighted by atomic mass is 32.2. The molecular formula is C24H25NO2S. The van der Waals surface area contributed by atoms with E-state index < -0.39 is 0 Å². The van der Waals surface area contributed by atoms with Gasteiger partial charge in [-0.15, -0.1) is 11.8 Å². The lowest BCUT2D eigenvalue weighted by molar-refractivity contribution is -0.118. The standard InChI is InChI=1S/C24H25NO2S/c1-27-22-14-8-9-15-23(22)28-18-24(26)25-17-16-21(19-10-4-2-5-11-19)20-12-6-3-7-13-20/h2-15,21H,16-18H2,1H3,(H,25,26). The molecule has 0 saturated heterocycles. The van der Waals surface area contributed by atoms with Gasteiger partial charge >= 0.3 is 0 Å². The third-order valence-corrected chi connectivity index (χ3v) is 5.64. The lowest BCUT2D eigenvalue weighted by atomic mass is 9.88. The van der Waals surface area contributed by atoms with Crippen molar-refractivity contribution in [1.82, 2.24) is 5.32 Å². The fraction of sp³-hybridized carbons (Fsp3) is 0.208. The minimum atomic E-state index is 0.0378. The number of carbonyl (C=O) groups is 1. The predicted octanol–water partition coefficient (Wildman–Crippen LogP) is 5.13. The van der Waals surface area contributed by atoms with Crippen LogP contribution in [-0.4, -0.2) is 25.3 Å². The quantitative estimate of drug-likeness (QED) is 0.514. The molecule has 0 aliphatic rings. The second kappa shape index (κ2) is 10.6. The summed E-state index contributed by atoms with van der Waals surface area (Å²) < 4.78 is 5.34. The first-order valence-corrected chi connectivity index (χ1v) is 10.4. The van der Waals surface area contributed by atoms with Crippen molar-refractivity contribution >= 4 is 17.7 Å². The average molecular weight is 392 g/mol. The van der Waals surface area contributed by atoms with Crippen molar-refractivity contribution in [3.05, 3.63) is 96.1 Å². The van der Waals surface area contributed by atoms with Gasteiger partial charge < -0.3 is 10.1 Å². The van der Waals surface area contributed by atoms with Crippen LogP contribution in [0.15, 0.2) is 89.8 Å². The zero-order valence-electron chi connectivity index (χ0n) is 16.0. The number of ether oxygens (including phenoxy) is 1. The van der Waals surface area contributed by atoms with Gasteiger partial charge in [0.05, 0.1) is 12.9 Å². The summed E-state index contributed by atoms with van der Waals surface area (Å²) in [5.74, 6) is 1.48. The van der Waals surface area contributed by atoms with Crippen molar-refractivity contribution in [2.24, 2.45) is 0 Å². The summed E-state index contributed by atoms with van der Waals surface area (Å²) in [6.07, 6.45) is 0.860. The minimum absolute atomic E-state index is 0.0378. The Balaban J connectivity index is 1.55. The monoisotopic (exact) mass is 391 g/mol. The summed E-state index contributed by atoms with van der Waals surface area (Å²) >= 11 is 1.49. The van der Waals surface area contributed by atoms with Crippen molar-refractivity contribution < 1.29 is 9.53 Å². The molecule has 3 aromatic rings. The van der Waals surface area contributed by atoms with Crippen LogP contribution >= 0.6 is 11.8 Å². The molecule has 0 bridgehead atoms. The average Bonchev–Trinajstić information content (AvgIpc) is 2.76. The van der Waals surface area contributed by atoms with E-state index in [1.807, 2.05) is 36.4 Å². The molecule has 0 fully saturated rings. The number of para-hydroxylation sites is 1. The van der Waals surface area contributed by atoms with Gasteiger partial charge in [0, 0.05) is 17.4 Å². The smallest absolute Gasteiger partial charge is 0.230 e. The molecule has 28 heavy (non-hydrogen) atoms. The molecule has 0 aliphatic carbocycles. The SMILES string of the molecule is COc1ccccc1SCC(=O)NCCC(c1ccccc1)c1ccccc1. The normalized spacial score (nSPS) is 10.6. The summed E-state index contributed by atoms with van der Waals surface area (Å²) in [7, 11) is 1.65. The van der Waals surface area contributed by atoms with Gasteiger partial charge in [-0.05, 0) is 29.7 Å². The van der Waals surface area contributed by atoms with E-state index in [4.69, 9.17) is 4.74 Å². The summed E-state index contributed by atoms with van der Waals surface area (Å²) in [5, 5.41) is 3.06. The maximum absolute atomic E-state index is 12.3. The molecule has 0 aromatic heterocycles. The van der Waals surface area contributed by atoms with Gasteiger partial charge in [0.15, 0.2) is 0 Å². The number of hydrogen-bond acceptors (Lipinski definition) is 3. The first-order valence-electron chi connectivity index (χ1n) is 9.40. The van der Waals surface area contributed by atoms with E-state index in [0.717, 1.165) is 17.1 Å². The molecule has 0 saturated carbocycles. The van der Waals surface area contributed by atoms with E-state index in [1.54, 1.807) is 7.11 Å². The Morgan fingerprint density at radius 1 is 0.893 bits per heavy atom. The molecule has 4 heteroatoms. The van der Waals surface area contributed by atoms with Gasteiger partial charge in [-0.25, -0.2) is 0 Å². The van der Waals surface area contributed by atoms with Gasteiger partial charge in [-0.2, -0.15) is 0 Å². The third kappa shape index (κ3) is 5.64. The Kier molecular flexibility index (Phi) is 7.56. The van der Waals surface area contributed by atoms with Gasteiger partial charge in [-0.1, -0.05) is 72.8 Å². The van der Waals surface area contributed by atoms with Crippen LogP contribution in [0.25, 0.3) is 0 Å². The van der Waals surface area contributed by atoms with E-state index in [0.29, 0.717) is 12.3 Å². The van der Waals surface area contributed by atoms with Crippen molar-refractivity contribution in [1.29, 1.82) is 0 Å². The van der Waals surface area contributed by atoms with E-state index in [2.05, 4.69) is 53.8 Å². The predicted molar refractivity (Wildman–Crippen MR) is 116 cm³/mol. The second-order valence-electron chi connectivity index (χ2n) is 6.45. The van der Waals surface area contributed by atoms with Gasteiger partial charge in [-0.3, -0.25) is 4.79 Å². The van der Waals surface area contributed by atoms with Crippen LogP contribution in [0.3, 0.4) is 0 Å². The van der Waals surface area contributed by atoms with E-state index >= 15 is 0 Å². The highest BCUT2D eigenvalue weighted by molar-refractivity contribution is 8.00. The topological polar surface area (TPSA) is 38.3 Å². The van der Waals surface area contributed by atoms with Crippen LogP contribution in [0.5, 0.6) is 5.75 Å². The number of rotatable bonds is 9. The number of methoxy groups -OCH3 is 1. The molecule has 144 valence electrons. The highest BCUT2D eigenvalue weighted by Crippen LogP contribution is 2.29. The lowest BCUT2D eigenvalue weighted by Gasteiger charge is -2.18. The number of hydrogen-bond donors (Lipinski definition) is 1. The minimum Gasteiger partial charge on any atom is -0.496 e. The molecule has 3 rings (SSSR count). The van der Waals surface area contributed by atoms with Crippen molar-refractivity contribution in [3.63, 3.8) is 0 Å². The molecule has 3 aromatic carbocycles. The Bertz CT molecular complexity index is 829. The number of benzene rings is 3. The van der Waals surface area contributed by atoms with Gasteiger partial charge in [0.2, 0.25) is 5.91 Å². The first kappa shape index (κ1) is 20.0. The van der Waals surface area contributed by atoms with Crippen molar-refractivity contribution in [3.8, 4) is 5.75 Å². The summed E-state index contributed by atoms with van der Waals surface area (Å²) in [4.78, 5) is 13.3. The molecule has 0 unspecified atom stereocenters. The van der Waals surface area contributed by atoms with Crippen LogP contribution < -0.4 is 10.1 Å². The largest absolute Gasteiger partial charge is 0.496 e. The van der Waals surface area contributed by atoms with E-state index in [9.17, 15) is 4.79 Å². The maximum atomic E-state index is 12.3. The Labute approximate surface area is 171 Å².